The van der Waals surface area contributed by atoms with Crippen LogP contribution in [-0.2, 0) is 15.5 Å². The van der Waals surface area contributed by atoms with Crippen molar-refractivity contribution in [1.82, 2.24) is 4.98 Å². The van der Waals surface area contributed by atoms with Crippen LogP contribution in [0.5, 0.6) is 5.75 Å². The third-order valence-electron chi connectivity index (χ3n) is 4.20. The second-order valence-electron chi connectivity index (χ2n) is 7.37. The van der Waals surface area contributed by atoms with Gasteiger partial charge in [0.2, 0.25) is 0 Å². The lowest BCUT2D eigenvalue weighted by atomic mass is 9.86. The van der Waals surface area contributed by atoms with E-state index in [1.165, 1.54) is 0 Å². The third-order valence-corrected chi connectivity index (χ3v) is 5.16. The van der Waals surface area contributed by atoms with Gasteiger partial charge in [0.15, 0.2) is 11.6 Å². The topological polar surface area (TPSA) is 59.2 Å². The predicted octanol–water partition coefficient (Wildman–Crippen LogP) is 5.50. The van der Waals surface area contributed by atoms with E-state index in [0.29, 0.717) is 16.6 Å². The molecule has 0 fully saturated rings. The Bertz CT molecular complexity index is 1140. The molecule has 1 aromatic heterocycles. The minimum Gasteiger partial charge on any atom is -0.373 e. The quantitative estimate of drug-likeness (QED) is 0.349. The van der Waals surface area contributed by atoms with Crippen LogP contribution in [0.15, 0.2) is 42.5 Å². The number of hydrogen-bond donors (Lipinski definition) is 1. The van der Waals surface area contributed by atoms with Crippen LogP contribution in [0.3, 0.4) is 0 Å². The lowest BCUT2D eigenvalue weighted by Gasteiger charge is -2.19. The molecule has 0 bridgehead atoms. The molecule has 0 atom stereocenters. The van der Waals surface area contributed by atoms with Crippen molar-refractivity contribution in [2.75, 3.05) is 0 Å². The van der Waals surface area contributed by atoms with Crippen LogP contribution in [0.4, 0.5) is 17.6 Å². The van der Waals surface area contributed by atoms with Crippen LogP contribution in [0.1, 0.15) is 26.3 Å². The van der Waals surface area contributed by atoms with Crippen molar-refractivity contribution in [3.8, 4) is 17.0 Å². The monoisotopic (exact) mass is 415 g/mol. The molecule has 1 N–H and O–H groups in total. The fourth-order valence-corrected chi connectivity index (χ4v) is 3.13. The highest BCUT2D eigenvalue weighted by molar-refractivity contribution is 7.88. The number of halogens is 4. The second kappa shape index (κ2) is 6.51. The van der Waals surface area contributed by atoms with Crippen molar-refractivity contribution in [3.05, 3.63) is 53.8 Å². The fraction of sp³-hybridized carbons (Fsp3) is 0.263. The Hall–Kier alpha value is -2.55. The van der Waals surface area contributed by atoms with Gasteiger partial charge in [-0.3, -0.25) is 0 Å². The summed E-state index contributed by atoms with van der Waals surface area (Å²) in [6, 6.07) is 11.0. The number of aromatic nitrogens is 1. The zero-order valence-corrected chi connectivity index (χ0v) is 16.0. The molecule has 4 nitrogen and oxygen atoms in total. The van der Waals surface area contributed by atoms with Crippen LogP contribution < -0.4 is 4.18 Å². The Kier molecular flexibility index (Phi) is 4.69. The number of aromatic amines is 1. The van der Waals surface area contributed by atoms with E-state index in [0.717, 1.165) is 23.3 Å². The summed E-state index contributed by atoms with van der Waals surface area (Å²) in [5.74, 6) is -2.24. The third kappa shape index (κ3) is 3.84. The maximum atomic E-state index is 14.1. The molecule has 0 saturated carbocycles. The van der Waals surface area contributed by atoms with Crippen molar-refractivity contribution in [3.63, 3.8) is 0 Å². The van der Waals surface area contributed by atoms with E-state index in [9.17, 15) is 26.0 Å². The summed E-state index contributed by atoms with van der Waals surface area (Å²) in [6.45, 7) is 6.16. The number of benzene rings is 2. The van der Waals surface area contributed by atoms with Crippen LogP contribution in [0.2, 0.25) is 0 Å². The maximum Gasteiger partial charge on any atom is 0.534 e. The highest BCUT2D eigenvalue weighted by Gasteiger charge is 2.49. The van der Waals surface area contributed by atoms with Crippen molar-refractivity contribution in [1.29, 1.82) is 0 Å². The standard InChI is InChI=1S/C19H17F4NO3S/c1-18(2,3)13-6-4-5-11(7-13)15-8-12-9-17(14(20)10-16(12)24-15)27-28(25,26)19(21,22)23/h4-10,24H,1-3H3. The van der Waals surface area contributed by atoms with Gasteiger partial charge in [-0.2, -0.15) is 21.6 Å². The van der Waals surface area contributed by atoms with E-state index in [4.69, 9.17) is 0 Å². The van der Waals surface area contributed by atoms with Crippen LogP contribution >= 0.6 is 0 Å². The normalized spacial score (nSPS) is 13.1. The van der Waals surface area contributed by atoms with Gasteiger partial charge in [-0.25, -0.2) is 4.39 Å². The smallest absolute Gasteiger partial charge is 0.373 e. The molecule has 28 heavy (non-hydrogen) atoms. The molecule has 150 valence electrons. The Morgan fingerprint density at radius 3 is 2.29 bits per heavy atom. The first-order valence-electron chi connectivity index (χ1n) is 8.22. The number of rotatable bonds is 3. The molecule has 3 aromatic rings. The molecule has 1 heterocycles. The molecule has 0 unspecified atom stereocenters. The molecule has 0 saturated heterocycles. The van der Waals surface area contributed by atoms with E-state index >= 15 is 0 Å². The number of hydrogen-bond acceptors (Lipinski definition) is 3. The molecule has 0 aliphatic carbocycles. The molecule has 0 aliphatic heterocycles. The molecule has 0 amide bonds. The molecule has 9 heteroatoms. The fourth-order valence-electron chi connectivity index (χ4n) is 2.67. The van der Waals surface area contributed by atoms with E-state index in [1.54, 1.807) is 6.07 Å². The van der Waals surface area contributed by atoms with Crippen LogP contribution in [0, 0.1) is 5.82 Å². The van der Waals surface area contributed by atoms with Gasteiger partial charge in [-0.15, -0.1) is 0 Å². The summed E-state index contributed by atoms with van der Waals surface area (Å²) in [5, 5.41) is 0.310. The number of H-pyrrole nitrogens is 1. The maximum absolute atomic E-state index is 14.1. The zero-order chi connectivity index (χ0) is 20.9. The summed E-state index contributed by atoms with van der Waals surface area (Å²) in [7, 11) is -5.96. The van der Waals surface area contributed by atoms with Gasteiger partial charge in [0.05, 0.1) is 0 Å². The molecule has 3 rings (SSSR count). The van der Waals surface area contributed by atoms with Crippen LogP contribution in [-0.4, -0.2) is 18.9 Å². The minimum absolute atomic E-state index is 0.0961. The summed E-state index contributed by atoms with van der Waals surface area (Å²) in [4.78, 5) is 2.98. The largest absolute Gasteiger partial charge is 0.534 e. The average Bonchev–Trinajstić information content (AvgIpc) is 2.96. The van der Waals surface area contributed by atoms with Gasteiger partial charge < -0.3 is 9.17 Å². The second-order valence-corrected chi connectivity index (χ2v) is 8.90. The Morgan fingerprint density at radius 1 is 1.00 bits per heavy atom. The van der Waals surface area contributed by atoms with E-state index in [1.807, 2.05) is 24.3 Å². The molecular weight excluding hydrogens is 398 g/mol. The van der Waals surface area contributed by atoms with Crippen molar-refractivity contribution < 1.29 is 30.2 Å². The Morgan fingerprint density at radius 2 is 1.68 bits per heavy atom. The van der Waals surface area contributed by atoms with Crippen molar-refractivity contribution in [2.45, 2.75) is 31.7 Å². The van der Waals surface area contributed by atoms with Crippen molar-refractivity contribution >= 4 is 21.0 Å². The van der Waals surface area contributed by atoms with Gasteiger partial charge in [0, 0.05) is 22.7 Å². The first-order valence-corrected chi connectivity index (χ1v) is 9.63. The summed E-state index contributed by atoms with van der Waals surface area (Å²) >= 11 is 0. The number of fused-ring (bicyclic) bond motifs is 1. The number of nitrogens with one attached hydrogen (secondary N) is 1. The molecule has 0 aliphatic rings. The lowest BCUT2D eigenvalue weighted by molar-refractivity contribution is -0.0500. The molecule has 2 aromatic carbocycles. The van der Waals surface area contributed by atoms with Gasteiger partial charge in [0.1, 0.15) is 0 Å². The SMILES string of the molecule is CC(C)(C)c1cccc(-c2cc3cc(OS(=O)(=O)C(F)(F)F)c(F)cc3[nH]2)c1. The zero-order valence-electron chi connectivity index (χ0n) is 15.2. The first kappa shape index (κ1) is 20.2. The van der Waals surface area contributed by atoms with Gasteiger partial charge in [0.25, 0.3) is 0 Å². The van der Waals surface area contributed by atoms with Crippen molar-refractivity contribution in [2.24, 2.45) is 0 Å². The molecule has 0 spiro atoms. The van der Waals surface area contributed by atoms with Crippen LogP contribution in [0.25, 0.3) is 22.2 Å². The highest BCUT2D eigenvalue weighted by Crippen LogP contribution is 2.34. The highest BCUT2D eigenvalue weighted by atomic mass is 32.2. The summed E-state index contributed by atoms with van der Waals surface area (Å²) in [6.07, 6.45) is 0. The molecule has 0 radical (unpaired) electrons. The summed E-state index contributed by atoms with van der Waals surface area (Å²) in [5.41, 5.74) is -2.97. The van der Waals surface area contributed by atoms with Gasteiger partial charge in [-0.05, 0) is 34.7 Å². The lowest BCUT2D eigenvalue weighted by Crippen LogP contribution is -2.28. The Balaban J connectivity index is 2.04. The predicted molar refractivity (Wildman–Crippen MR) is 98.0 cm³/mol. The van der Waals surface area contributed by atoms with E-state index < -0.39 is 27.2 Å². The Labute approximate surface area is 159 Å². The van der Waals surface area contributed by atoms with E-state index in [-0.39, 0.29) is 5.41 Å². The van der Waals surface area contributed by atoms with Gasteiger partial charge >= 0.3 is 15.6 Å². The van der Waals surface area contributed by atoms with Gasteiger partial charge in [-0.1, -0.05) is 39.0 Å². The minimum atomic E-state index is -5.96. The first-order chi connectivity index (χ1) is 12.8. The summed E-state index contributed by atoms with van der Waals surface area (Å²) < 4.78 is 77.8. The number of alkyl halides is 3. The van der Waals surface area contributed by atoms with E-state index in [2.05, 4.69) is 29.9 Å². The molecular formula is C19H17F4NO3S. The average molecular weight is 415 g/mol.